The molecule has 0 unspecified atom stereocenters. The minimum Gasteiger partial charge on any atom is -0.328 e. The summed E-state index contributed by atoms with van der Waals surface area (Å²) in [4.78, 5) is 0. The number of hydrogen-bond donors (Lipinski definition) is 2. The third-order valence-electron chi connectivity index (χ3n) is 2.07. The molecule has 0 radical (unpaired) electrons. The van der Waals surface area contributed by atoms with Gasteiger partial charge in [-0.2, -0.15) is 0 Å². The summed E-state index contributed by atoms with van der Waals surface area (Å²) < 4.78 is 0. The molecule has 0 aromatic heterocycles. The topological polar surface area (TPSA) is 38.0 Å². The summed E-state index contributed by atoms with van der Waals surface area (Å²) >= 11 is 0. The quantitative estimate of drug-likeness (QED) is 0.526. The van der Waals surface area contributed by atoms with Crippen LogP contribution in [0.3, 0.4) is 0 Å². The Hall–Kier alpha value is -0.0800. The second kappa shape index (κ2) is 2.51. The van der Waals surface area contributed by atoms with Crippen molar-refractivity contribution in [2.45, 2.75) is 51.2 Å². The predicted molar refractivity (Wildman–Crippen MR) is 43.9 cm³/mol. The van der Waals surface area contributed by atoms with Crippen molar-refractivity contribution >= 4 is 0 Å². The molecule has 3 N–H and O–H groups in total. The number of rotatable bonds is 0. The van der Waals surface area contributed by atoms with Gasteiger partial charge in [0.25, 0.3) is 0 Å². The zero-order valence-electron chi connectivity index (χ0n) is 7.15. The summed E-state index contributed by atoms with van der Waals surface area (Å²) in [6, 6.07) is 0.977. The second-order valence-electron chi connectivity index (χ2n) is 4.13. The Bertz CT molecular complexity index is 108. The first-order chi connectivity index (χ1) is 4.49. The SMILES string of the molecule is C[C@@H]1C[C@@H](N)CC(C)(C)N1. The predicted octanol–water partition coefficient (Wildman–Crippen LogP) is 0.864. The maximum Gasteiger partial charge on any atom is 0.0142 e. The average molecular weight is 142 g/mol. The lowest BCUT2D eigenvalue weighted by molar-refractivity contribution is 0.230. The molecule has 2 heteroatoms. The van der Waals surface area contributed by atoms with Gasteiger partial charge in [0.1, 0.15) is 0 Å². The van der Waals surface area contributed by atoms with Gasteiger partial charge in [0.2, 0.25) is 0 Å². The summed E-state index contributed by atoms with van der Waals surface area (Å²) in [5.41, 5.74) is 6.11. The fourth-order valence-electron chi connectivity index (χ4n) is 1.98. The molecule has 2 atom stereocenters. The van der Waals surface area contributed by atoms with E-state index < -0.39 is 0 Å². The molecule has 10 heavy (non-hydrogen) atoms. The van der Waals surface area contributed by atoms with E-state index in [9.17, 15) is 0 Å². The van der Waals surface area contributed by atoms with Crippen LogP contribution in [0.25, 0.3) is 0 Å². The van der Waals surface area contributed by atoms with E-state index in [0.717, 1.165) is 12.8 Å². The number of hydrogen-bond acceptors (Lipinski definition) is 2. The monoisotopic (exact) mass is 142 g/mol. The zero-order valence-corrected chi connectivity index (χ0v) is 7.15. The van der Waals surface area contributed by atoms with E-state index in [1.165, 1.54) is 0 Å². The van der Waals surface area contributed by atoms with Gasteiger partial charge in [-0.15, -0.1) is 0 Å². The maximum absolute atomic E-state index is 5.86. The van der Waals surface area contributed by atoms with Crippen LogP contribution < -0.4 is 11.1 Å². The molecule has 0 saturated carbocycles. The van der Waals surface area contributed by atoms with E-state index in [-0.39, 0.29) is 5.54 Å². The second-order valence-corrected chi connectivity index (χ2v) is 4.13. The lowest BCUT2D eigenvalue weighted by atomic mass is 9.87. The number of nitrogens with two attached hydrogens (primary N) is 1. The summed E-state index contributed by atoms with van der Waals surface area (Å²) in [5, 5.41) is 3.51. The molecule has 1 rings (SSSR count). The molecule has 0 aliphatic carbocycles. The van der Waals surface area contributed by atoms with Gasteiger partial charge in [0, 0.05) is 17.6 Å². The molecule has 0 spiro atoms. The molecule has 1 fully saturated rings. The Labute approximate surface area is 63.2 Å². The smallest absolute Gasteiger partial charge is 0.0142 e. The highest BCUT2D eigenvalue weighted by molar-refractivity contribution is 4.91. The van der Waals surface area contributed by atoms with Crippen LogP contribution in [0.15, 0.2) is 0 Å². The number of nitrogens with one attached hydrogen (secondary N) is 1. The highest BCUT2D eigenvalue weighted by Crippen LogP contribution is 2.20. The van der Waals surface area contributed by atoms with Crippen molar-refractivity contribution in [3.05, 3.63) is 0 Å². The molecule has 1 saturated heterocycles. The van der Waals surface area contributed by atoms with E-state index in [2.05, 4.69) is 26.1 Å². The third-order valence-corrected chi connectivity index (χ3v) is 2.07. The van der Waals surface area contributed by atoms with Crippen molar-refractivity contribution in [1.82, 2.24) is 5.32 Å². The lowest BCUT2D eigenvalue weighted by Crippen LogP contribution is -2.54. The molecular weight excluding hydrogens is 124 g/mol. The van der Waals surface area contributed by atoms with Crippen molar-refractivity contribution < 1.29 is 0 Å². The van der Waals surface area contributed by atoms with Gasteiger partial charge in [-0.05, 0) is 33.6 Å². The normalized spacial score (nSPS) is 39.6. The van der Waals surface area contributed by atoms with Crippen molar-refractivity contribution in [3.63, 3.8) is 0 Å². The first kappa shape index (κ1) is 8.02. The van der Waals surface area contributed by atoms with Crippen LogP contribution in [0, 0.1) is 0 Å². The Kier molecular flexibility index (Phi) is 2.02. The van der Waals surface area contributed by atoms with Gasteiger partial charge in [-0.3, -0.25) is 0 Å². The lowest BCUT2D eigenvalue weighted by Gasteiger charge is -2.38. The van der Waals surface area contributed by atoms with Gasteiger partial charge in [0.05, 0.1) is 0 Å². The average Bonchev–Trinajstić information content (AvgIpc) is 1.54. The van der Waals surface area contributed by atoms with Crippen LogP contribution >= 0.6 is 0 Å². The van der Waals surface area contributed by atoms with Crippen molar-refractivity contribution in [1.29, 1.82) is 0 Å². The molecule has 0 bridgehead atoms. The molecule has 60 valence electrons. The standard InChI is InChI=1S/C8H18N2/c1-6-4-7(9)5-8(2,3)10-6/h6-7,10H,4-5,9H2,1-3H3/t6-,7-/m1/s1. The summed E-state index contributed by atoms with van der Waals surface area (Å²) in [6.45, 7) is 6.62. The van der Waals surface area contributed by atoms with Crippen LogP contribution in [0.2, 0.25) is 0 Å². The van der Waals surface area contributed by atoms with Crippen molar-refractivity contribution in [2.75, 3.05) is 0 Å². The van der Waals surface area contributed by atoms with Crippen LogP contribution in [-0.2, 0) is 0 Å². The first-order valence-corrected chi connectivity index (χ1v) is 4.03. The van der Waals surface area contributed by atoms with Crippen LogP contribution in [0.4, 0.5) is 0 Å². The van der Waals surface area contributed by atoms with Crippen LogP contribution in [0.1, 0.15) is 33.6 Å². The van der Waals surface area contributed by atoms with Crippen molar-refractivity contribution in [2.24, 2.45) is 5.73 Å². The minimum atomic E-state index is 0.247. The molecule has 0 aromatic rings. The molecule has 0 aromatic carbocycles. The fraction of sp³-hybridized carbons (Fsp3) is 1.00. The summed E-state index contributed by atoms with van der Waals surface area (Å²) in [6.07, 6.45) is 2.21. The molecule has 2 nitrogen and oxygen atoms in total. The van der Waals surface area contributed by atoms with Gasteiger partial charge in [-0.25, -0.2) is 0 Å². The van der Waals surface area contributed by atoms with E-state index in [1.54, 1.807) is 0 Å². The first-order valence-electron chi connectivity index (χ1n) is 4.03. The van der Waals surface area contributed by atoms with E-state index >= 15 is 0 Å². The van der Waals surface area contributed by atoms with Crippen molar-refractivity contribution in [3.8, 4) is 0 Å². The zero-order chi connectivity index (χ0) is 7.78. The molecular formula is C8H18N2. The van der Waals surface area contributed by atoms with Gasteiger partial charge in [-0.1, -0.05) is 0 Å². The van der Waals surface area contributed by atoms with E-state index in [1.807, 2.05) is 0 Å². The Balaban J connectivity index is 2.51. The summed E-state index contributed by atoms with van der Waals surface area (Å²) in [7, 11) is 0. The number of piperidine rings is 1. The Morgan fingerprint density at radius 3 is 2.50 bits per heavy atom. The largest absolute Gasteiger partial charge is 0.328 e. The summed E-state index contributed by atoms with van der Waals surface area (Å²) in [5.74, 6) is 0. The van der Waals surface area contributed by atoms with E-state index in [0.29, 0.717) is 12.1 Å². The molecule has 1 aliphatic heterocycles. The molecule has 0 amide bonds. The van der Waals surface area contributed by atoms with Gasteiger partial charge >= 0.3 is 0 Å². The van der Waals surface area contributed by atoms with E-state index in [4.69, 9.17) is 5.73 Å². The Morgan fingerprint density at radius 2 is 2.10 bits per heavy atom. The highest BCUT2D eigenvalue weighted by atomic mass is 15.0. The van der Waals surface area contributed by atoms with Crippen LogP contribution in [0.5, 0.6) is 0 Å². The Morgan fingerprint density at radius 1 is 1.50 bits per heavy atom. The molecule has 1 heterocycles. The van der Waals surface area contributed by atoms with Gasteiger partial charge < -0.3 is 11.1 Å². The van der Waals surface area contributed by atoms with Gasteiger partial charge in [0.15, 0.2) is 0 Å². The van der Waals surface area contributed by atoms with Crippen LogP contribution in [-0.4, -0.2) is 17.6 Å². The fourth-order valence-corrected chi connectivity index (χ4v) is 1.98. The minimum absolute atomic E-state index is 0.247. The maximum atomic E-state index is 5.86. The molecule has 1 aliphatic rings. The highest BCUT2D eigenvalue weighted by Gasteiger charge is 2.28. The third kappa shape index (κ3) is 1.96.